The monoisotopic (exact) mass is 442 g/mol. The SMILES string of the molecule is COc1cc(/C=C/C(=O)Nc2ccnn2Cc2ccc(N(C)C)cc2)ccc1OC(F)F. The van der Waals surface area contributed by atoms with E-state index >= 15 is 0 Å². The molecule has 0 unspecified atom stereocenters. The molecule has 0 aliphatic heterocycles. The van der Waals surface area contributed by atoms with Gasteiger partial charge in [-0.05, 0) is 41.5 Å². The van der Waals surface area contributed by atoms with Crippen LogP contribution in [0.15, 0.2) is 60.8 Å². The number of nitrogens with zero attached hydrogens (tertiary/aromatic N) is 3. The number of alkyl halides is 2. The van der Waals surface area contributed by atoms with Crippen molar-refractivity contribution in [1.82, 2.24) is 9.78 Å². The first-order valence-corrected chi connectivity index (χ1v) is 9.75. The standard InChI is InChI=1S/C23H24F2N4O3/c1-28(2)18-8-4-17(5-9-18)15-29-21(12-13-26-29)27-22(30)11-7-16-6-10-19(32-23(24)25)20(14-16)31-3/h4-14,23H,15H2,1-3H3,(H,27,30)/b11-7+. The van der Waals surface area contributed by atoms with Crippen LogP contribution < -0.4 is 19.7 Å². The van der Waals surface area contributed by atoms with E-state index in [2.05, 4.69) is 15.2 Å². The molecule has 1 aromatic heterocycles. The summed E-state index contributed by atoms with van der Waals surface area (Å²) in [5.74, 6) is 0.258. The molecule has 32 heavy (non-hydrogen) atoms. The van der Waals surface area contributed by atoms with Gasteiger partial charge in [0.05, 0.1) is 19.9 Å². The van der Waals surface area contributed by atoms with Crippen LogP contribution >= 0.6 is 0 Å². The minimum Gasteiger partial charge on any atom is -0.493 e. The summed E-state index contributed by atoms with van der Waals surface area (Å²) in [6.07, 6.45) is 4.50. The molecule has 1 amide bonds. The third-order valence-electron chi connectivity index (χ3n) is 4.58. The van der Waals surface area contributed by atoms with Crippen molar-refractivity contribution >= 4 is 23.5 Å². The largest absolute Gasteiger partial charge is 0.493 e. The van der Waals surface area contributed by atoms with Crippen LogP contribution in [0.2, 0.25) is 0 Å². The highest BCUT2D eigenvalue weighted by atomic mass is 19.3. The molecule has 0 bridgehead atoms. The van der Waals surface area contributed by atoms with E-state index in [1.165, 1.54) is 25.3 Å². The number of hydrogen-bond donors (Lipinski definition) is 1. The van der Waals surface area contributed by atoms with Gasteiger partial charge >= 0.3 is 6.61 Å². The van der Waals surface area contributed by atoms with E-state index in [1.807, 2.05) is 43.3 Å². The van der Waals surface area contributed by atoms with Gasteiger partial charge in [-0.25, -0.2) is 4.68 Å². The predicted octanol–water partition coefficient (Wildman–Crippen LogP) is 4.26. The van der Waals surface area contributed by atoms with Gasteiger partial charge in [-0.2, -0.15) is 13.9 Å². The van der Waals surface area contributed by atoms with E-state index in [0.29, 0.717) is 17.9 Å². The molecule has 168 valence electrons. The molecule has 0 saturated heterocycles. The van der Waals surface area contributed by atoms with Gasteiger partial charge in [0.1, 0.15) is 5.82 Å². The average molecular weight is 442 g/mol. The molecule has 1 N–H and O–H groups in total. The first-order chi connectivity index (χ1) is 15.4. The highest BCUT2D eigenvalue weighted by Crippen LogP contribution is 2.29. The van der Waals surface area contributed by atoms with Crippen molar-refractivity contribution in [2.75, 3.05) is 31.4 Å². The molecular weight excluding hydrogens is 418 g/mol. The number of amides is 1. The summed E-state index contributed by atoms with van der Waals surface area (Å²) in [6.45, 7) is -2.45. The fraction of sp³-hybridized carbons (Fsp3) is 0.217. The van der Waals surface area contributed by atoms with Crippen molar-refractivity contribution in [2.45, 2.75) is 13.2 Å². The Morgan fingerprint density at radius 1 is 1.16 bits per heavy atom. The zero-order valence-corrected chi connectivity index (χ0v) is 18.0. The molecule has 3 rings (SSSR count). The smallest absolute Gasteiger partial charge is 0.387 e. The number of halogens is 2. The second kappa shape index (κ2) is 10.4. The van der Waals surface area contributed by atoms with Crippen molar-refractivity contribution in [3.8, 4) is 11.5 Å². The number of nitrogens with one attached hydrogen (secondary N) is 1. The third kappa shape index (κ3) is 6.07. The number of carbonyl (C=O) groups is 1. The molecule has 0 spiro atoms. The molecule has 0 radical (unpaired) electrons. The number of aromatic nitrogens is 2. The fourth-order valence-corrected chi connectivity index (χ4v) is 2.96. The maximum Gasteiger partial charge on any atom is 0.387 e. The Bertz CT molecular complexity index is 1080. The Labute approximate surface area is 184 Å². The first kappa shape index (κ1) is 22.8. The molecule has 0 aliphatic rings. The van der Waals surface area contributed by atoms with Crippen LogP contribution in [0, 0.1) is 0 Å². The summed E-state index contributed by atoms with van der Waals surface area (Å²) in [5, 5.41) is 7.06. The normalized spacial score (nSPS) is 11.1. The minimum atomic E-state index is -2.95. The molecule has 1 heterocycles. The molecule has 7 nitrogen and oxygen atoms in total. The zero-order valence-electron chi connectivity index (χ0n) is 18.0. The summed E-state index contributed by atoms with van der Waals surface area (Å²) < 4.78 is 36.0. The second-order valence-corrected chi connectivity index (χ2v) is 7.05. The van der Waals surface area contributed by atoms with E-state index in [0.717, 1.165) is 11.3 Å². The van der Waals surface area contributed by atoms with Crippen LogP contribution in [0.3, 0.4) is 0 Å². The average Bonchev–Trinajstić information content (AvgIpc) is 3.19. The Morgan fingerprint density at radius 2 is 1.91 bits per heavy atom. The van der Waals surface area contributed by atoms with Crippen LogP contribution in [-0.2, 0) is 11.3 Å². The van der Waals surface area contributed by atoms with Crippen molar-refractivity contribution in [3.05, 3.63) is 71.9 Å². The van der Waals surface area contributed by atoms with E-state index in [4.69, 9.17) is 4.74 Å². The number of rotatable bonds is 9. The van der Waals surface area contributed by atoms with Gasteiger partial charge < -0.3 is 19.7 Å². The van der Waals surface area contributed by atoms with Gasteiger partial charge in [0.2, 0.25) is 5.91 Å². The number of anilines is 2. The second-order valence-electron chi connectivity index (χ2n) is 7.05. The van der Waals surface area contributed by atoms with E-state index < -0.39 is 6.61 Å². The molecular formula is C23H24F2N4O3. The van der Waals surface area contributed by atoms with Crippen LogP contribution in [0.4, 0.5) is 20.3 Å². The van der Waals surface area contributed by atoms with Gasteiger partial charge in [0.15, 0.2) is 11.5 Å². The summed E-state index contributed by atoms with van der Waals surface area (Å²) in [7, 11) is 5.31. The van der Waals surface area contributed by atoms with Crippen molar-refractivity contribution in [3.63, 3.8) is 0 Å². The van der Waals surface area contributed by atoms with Gasteiger partial charge in [0.25, 0.3) is 0 Å². The highest BCUT2D eigenvalue weighted by molar-refractivity contribution is 6.01. The first-order valence-electron chi connectivity index (χ1n) is 9.75. The Kier molecular flexibility index (Phi) is 7.43. The number of carbonyl (C=O) groups excluding carboxylic acids is 1. The summed E-state index contributed by atoms with van der Waals surface area (Å²) >= 11 is 0. The predicted molar refractivity (Wildman–Crippen MR) is 119 cm³/mol. The molecule has 0 aliphatic carbocycles. The Hall–Kier alpha value is -3.88. The summed E-state index contributed by atoms with van der Waals surface area (Å²) in [5.41, 5.74) is 2.73. The van der Waals surface area contributed by atoms with Crippen LogP contribution in [-0.4, -0.2) is 43.5 Å². The number of benzene rings is 2. The van der Waals surface area contributed by atoms with Crippen LogP contribution in [0.1, 0.15) is 11.1 Å². The van der Waals surface area contributed by atoms with Crippen LogP contribution in [0.25, 0.3) is 6.08 Å². The number of methoxy groups -OCH3 is 1. The number of ether oxygens (including phenoxy) is 2. The van der Waals surface area contributed by atoms with E-state index in [-0.39, 0.29) is 17.4 Å². The fourth-order valence-electron chi connectivity index (χ4n) is 2.96. The van der Waals surface area contributed by atoms with E-state index in [9.17, 15) is 13.6 Å². The van der Waals surface area contributed by atoms with Crippen molar-refractivity contribution in [1.29, 1.82) is 0 Å². The highest BCUT2D eigenvalue weighted by Gasteiger charge is 2.11. The lowest BCUT2D eigenvalue weighted by Gasteiger charge is -2.13. The van der Waals surface area contributed by atoms with Gasteiger partial charge in [0, 0.05) is 31.9 Å². The van der Waals surface area contributed by atoms with Gasteiger partial charge in [-0.15, -0.1) is 0 Å². The lowest BCUT2D eigenvalue weighted by molar-refractivity contribution is -0.111. The Balaban J connectivity index is 1.64. The van der Waals surface area contributed by atoms with Crippen molar-refractivity contribution < 1.29 is 23.0 Å². The molecule has 2 aromatic carbocycles. The van der Waals surface area contributed by atoms with E-state index in [1.54, 1.807) is 29.1 Å². The lowest BCUT2D eigenvalue weighted by atomic mass is 10.2. The summed E-state index contributed by atoms with van der Waals surface area (Å²) in [6, 6.07) is 14.2. The van der Waals surface area contributed by atoms with Crippen LogP contribution in [0.5, 0.6) is 11.5 Å². The lowest BCUT2D eigenvalue weighted by Crippen LogP contribution is -2.14. The molecule has 0 fully saturated rings. The maximum atomic E-state index is 12.4. The minimum absolute atomic E-state index is 0.0772. The third-order valence-corrected chi connectivity index (χ3v) is 4.58. The van der Waals surface area contributed by atoms with Gasteiger partial charge in [-0.1, -0.05) is 18.2 Å². The zero-order chi connectivity index (χ0) is 23.1. The summed E-state index contributed by atoms with van der Waals surface area (Å²) in [4.78, 5) is 14.4. The van der Waals surface area contributed by atoms with Gasteiger partial charge in [-0.3, -0.25) is 4.79 Å². The number of hydrogen-bond acceptors (Lipinski definition) is 5. The topological polar surface area (TPSA) is 68.6 Å². The molecule has 3 aromatic rings. The Morgan fingerprint density at radius 3 is 2.56 bits per heavy atom. The molecule has 9 heteroatoms. The molecule has 0 saturated carbocycles. The molecule has 0 atom stereocenters. The quantitative estimate of drug-likeness (QED) is 0.502. The van der Waals surface area contributed by atoms with Crippen molar-refractivity contribution in [2.24, 2.45) is 0 Å². The maximum absolute atomic E-state index is 12.4.